The highest BCUT2D eigenvalue weighted by Gasteiger charge is 2.21. The zero-order valence-electron chi connectivity index (χ0n) is 11.2. The van der Waals surface area contributed by atoms with Crippen LogP contribution in [0.1, 0.15) is 24.0 Å². The summed E-state index contributed by atoms with van der Waals surface area (Å²) in [5.74, 6) is 0.827. The first-order valence-corrected chi connectivity index (χ1v) is 6.29. The molecule has 0 atom stereocenters. The Balaban J connectivity index is 2.03. The molecule has 5 heteroatoms. The second-order valence-electron chi connectivity index (χ2n) is 4.72. The third-order valence-corrected chi connectivity index (χ3v) is 3.25. The molecule has 1 aromatic rings. The number of hydrogen-bond donors (Lipinski definition) is 1. The van der Waals surface area contributed by atoms with Crippen molar-refractivity contribution in [3.05, 3.63) is 29.3 Å². The number of hydrogen-bond acceptors (Lipinski definition) is 4. The summed E-state index contributed by atoms with van der Waals surface area (Å²) in [6, 6.07) is 5.69. The monoisotopic (exact) mass is 262 g/mol. The fourth-order valence-corrected chi connectivity index (χ4v) is 2.18. The van der Waals surface area contributed by atoms with Crippen molar-refractivity contribution in [2.24, 2.45) is 5.16 Å². The van der Waals surface area contributed by atoms with E-state index in [1.807, 2.05) is 18.2 Å². The summed E-state index contributed by atoms with van der Waals surface area (Å²) in [6.45, 7) is 0.360. The van der Waals surface area contributed by atoms with Gasteiger partial charge in [0, 0.05) is 25.2 Å². The summed E-state index contributed by atoms with van der Waals surface area (Å²) in [4.78, 5) is 13.0. The molecule has 102 valence electrons. The molecule has 0 heterocycles. The maximum atomic E-state index is 11.5. The van der Waals surface area contributed by atoms with Crippen LogP contribution in [0.25, 0.3) is 0 Å². The Bertz CT molecular complexity index is 509. The zero-order valence-corrected chi connectivity index (χ0v) is 11.2. The highest BCUT2D eigenvalue weighted by Crippen LogP contribution is 2.30. The van der Waals surface area contributed by atoms with Gasteiger partial charge in [-0.25, -0.2) is 0 Å². The molecule has 0 unspecified atom stereocenters. The number of oxime groups is 1. The van der Waals surface area contributed by atoms with E-state index in [2.05, 4.69) is 5.16 Å². The van der Waals surface area contributed by atoms with Crippen LogP contribution in [0, 0.1) is 0 Å². The molecule has 1 aromatic carbocycles. The summed E-state index contributed by atoms with van der Waals surface area (Å²) in [6.07, 6.45) is 1.90. The maximum absolute atomic E-state index is 11.5. The van der Waals surface area contributed by atoms with Crippen molar-refractivity contribution < 1.29 is 14.7 Å². The van der Waals surface area contributed by atoms with Crippen molar-refractivity contribution in [1.82, 2.24) is 4.90 Å². The predicted molar refractivity (Wildman–Crippen MR) is 71.9 cm³/mol. The quantitative estimate of drug-likeness (QED) is 0.663. The molecule has 0 saturated carbocycles. The average molecular weight is 262 g/mol. The standard InChI is InChI=1S/C14H18N2O3/c1-16(2)14(17)8-9-19-13-5-3-4-10-11(13)6-7-12(10)15-18/h3-5,18H,6-9H2,1-2H3/b15-12+. The molecule has 1 aliphatic carbocycles. The smallest absolute Gasteiger partial charge is 0.225 e. The van der Waals surface area contributed by atoms with Gasteiger partial charge in [0.25, 0.3) is 0 Å². The lowest BCUT2D eigenvalue weighted by Gasteiger charge is -2.12. The van der Waals surface area contributed by atoms with Crippen LogP contribution in [0.4, 0.5) is 0 Å². The van der Waals surface area contributed by atoms with Crippen molar-refractivity contribution in [1.29, 1.82) is 0 Å². The van der Waals surface area contributed by atoms with Crippen LogP contribution in [0.5, 0.6) is 5.75 Å². The van der Waals surface area contributed by atoms with E-state index in [4.69, 9.17) is 9.94 Å². The molecule has 0 fully saturated rings. The molecule has 0 radical (unpaired) electrons. The van der Waals surface area contributed by atoms with Gasteiger partial charge in [-0.3, -0.25) is 4.79 Å². The first-order chi connectivity index (χ1) is 9.13. The Morgan fingerprint density at radius 2 is 2.21 bits per heavy atom. The Morgan fingerprint density at radius 1 is 1.42 bits per heavy atom. The minimum absolute atomic E-state index is 0.0465. The third-order valence-electron chi connectivity index (χ3n) is 3.25. The van der Waals surface area contributed by atoms with Gasteiger partial charge in [-0.15, -0.1) is 0 Å². The number of carbonyl (C=O) groups excluding carboxylic acids is 1. The molecular formula is C14H18N2O3. The third kappa shape index (κ3) is 2.86. The summed E-state index contributed by atoms with van der Waals surface area (Å²) in [5, 5.41) is 12.2. The zero-order chi connectivity index (χ0) is 13.8. The van der Waals surface area contributed by atoms with E-state index >= 15 is 0 Å². The van der Waals surface area contributed by atoms with Crippen molar-refractivity contribution in [2.75, 3.05) is 20.7 Å². The molecule has 1 aliphatic rings. The molecule has 0 aromatic heterocycles. The molecule has 1 N–H and O–H groups in total. The van der Waals surface area contributed by atoms with Crippen LogP contribution in [0.15, 0.2) is 23.4 Å². The van der Waals surface area contributed by atoms with Gasteiger partial charge < -0.3 is 14.8 Å². The van der Waals surface area contributed by atoms with E-state index in [1.54, 1.807) is 19.0 Å². The van der Waals surface area contributed by atoms with E-state index in [1.165, 1.54) is 0 Å². The Kier molecular flexibility index (Phi) is 4.04. The maximum Gasteiger partial charge on any atom is 0.225 e. The average Bonchev–Trinajstić information content (AvgIpc) is 2.82. The van der Waals surface area contributed by atoms with Crippen molar-refractivity contribution in [3.8, 4) is 5.75 Å². The molecule has 2 rings (SSSR count). The van der Waals surface area contributed by atoms with Gasteiger partial charge in [-0.2, -0.15) is 0 Å². The summed E-state index contributed by atoms with van der Waals surface area (Å²) < 4.78 is 5.68. The normalized spacial score (nSPS) is 15.4. The van der Waals surface area contributed by atoms with Gasteiger partial charge >= 0.3 is 0 Å². The van der Waals surface area contributed by atoms with E-state index in [-0.39, 0.29) is 5.91 Å². The fraction of sp³-hybridized carbons (Fsp3) is 0.429. The number of benzene rings is 1. The lowest BCUT2D eigenvalue weighted by atomic mass is 10.1. The Morgan fingerprint density at radius 3 is 2.89 bits per heavy atom. The lowest BCUT2D eigenvalue weighted by molar-refractivity contribution is -0.129. The molecule has 0 spiro atoms. The Labute approximate surface area is 112 Å². The molecule has 19 heavy (non-hydrogen) atoms. The number of rotatable bonds is 4. The van der Waals surface area contributed by atoms with E-state index in [0.29, 0.717) is 18.7 Å². The van der Waals surface area contributed by atoms with Gasteiger partial charge in [0.2, 0.25) is 5.91 Å². The van der Waals surface area contributed by atoms with Crippen LogP contribution in [0.3, 0.4) is 0 Å². The summed E-state index contributed by atoms with van der Waals surface area (Å²) >= 11 is 0. The number of ether oxygens (including phenoxy) is 1. The van der Waals surface area contributed by atoms with Gasteiger partial charge in [-0.1, -0.05) is 17.3 Å². The van der Waals surface area contributed by atoms with Crippen LogP contribution >= 0.6 is 0 Å². The minimum Gasteiger partial charge on any atom is -0.493 e. The molecule has 1 amide bonds. The topological polar surface area (TPSA) is 62.1 Å². The van der Waals surface area contributed by atoms with Gasteiger partial charge in [-0.05, 0) is 18.9 Å². The van der Waals surface area contributed by atoms with E-state index in [9.17, 15) is 4.79 Å². The molecular weight excluding hydrogens is 244 g/mol. The second-order valence-corrected chi connectivity index (χ2v) is 4.72. The SMILES string of the molecule is CN(C)C(=O)CCOc1cccc2c1CC/C2=N\O. The second kappa shape index (κ2) is 5.73. The number of carbonyl (C=O) groups is 1. The molecule has 0 bridgehead atoms. The van der Waals surface area contributed by atoms with Crippen LogP contribution in [0.2, 0.25) is 0 Å². The van der Waals surface area contributed by atoms with Gasteiger partial charge in [0.15, 0.2) is 0 Å². The highest BCUT2D eigenvalue weighted by atomic mass is 16.5. The first kappa shape index (κ1) is 13.4. The van der Waals surface area contributed by atoms with Gasteiger partial charge in [0.1, 0.15) is 5.75 Å². The van der Waals surface area contributed by atoms with Crippen LogP contribution in [-0.4, -0.2) is 42.4 Å². The number of fused-ring (bicyclic) bond motifs is 1. The van der Waals surface area contributed by atoms with Crippen molar-refractivity contribution >= 4 is 11.6 Å². The van der Waals surface area contributed by atoms with E-state index in [0.717, 1.165) is 29.7 Å². The van der Waals surface area contributed by atoms with Crippen LogP contribution in [-0.2, 0) is 11.2 Å². The fourth-order valence-electron chi connectivity index (χ4n) is 2.18. The number of nitrogens with zero attached hydrogens (tertiary/aromatic N) is 2. The van der Waals surface area contributed by atoms with Gasteiger partial charge in [0.05, 0.1) is 18.7 Å². The largest absolute Gasteiger partial charge is 0.493 e. The Hall–Kier alpha value is -2.04. The molecule has 5 nitrogen and oxygen atoms in total. The first-order valence-electron chi connectivity index (χ1n) is 6.29. The predicted octanol–water partition coefficient (Wildman–Crippen LogP) is 1.67. The number of amides is 1. The molecule has 0 saturated heterocycles. The van der Waals surface area contributed by atoms with Crippen molar-refractivity contribution in [3.63, 3.8) is 0 Å². The highest BCUT2D eigenvalue weighted by molar-refractivity contribution is 6.04. The summed E-state index contributed by atoms with van der Waals surface area (Å²) in [7, 11) is 3.46. The summed E-state index contributed by atoms with van der Waals surface area (Å²) in [5.41, 5.74) is 2.70. The van der Waals surface area contributed by atoms with Crippen molar-refractivity contribution in [2.45, 2.75) is 19.3 Å². The van der Waals surface area contributed by atoms with E-state index < -0.39 is 0 Å². The van der Waals surface area contributed by atoms with Crippen LogP contribution < -0.4 is 4.74 Å². The molecule has 0 aliphatic heterocycles. The lowest BCUT2D eigenvalue weighted by Crippen LogP contribution is -2.23. The minimum atomic E-state index is 0.0465.